The van der Waals surface area contributed by atoms with Crippen molar-refractivity contribution in [3.05, 3.63) is 30.4 Å². The zero-order chi connectivity index (χ0) is 21.1. The number of amides is 2. The summed E-state index contributed by atoms with van der Waals surface area (Å²) in [6.07, 6.45) is 5.45. The molecule has 9 heteroatoms. The summed E-state index contributed by atoms with van der Waals surface area (Å²) in [6, 6.07) is 3.20. The van der Waals surface area contributed by atoms with Crippen LogP contribution in [0.5, 0.6) is 0 Å². The lowest BCUT2D eigenvalue weighted by atomic mass is 10.1. The summed E-state index contributed by atoms with van der Waals surface area (Å²) in [4.78, 5) is 38.3. The SMILES string of the molecule is C[C@H](Nc1cc(-c2cnc(NC(=O)[C@H]3C[C@H]3C)cn2)cnc1C#N)C(=O)N(C)C. The van der Waals surface area contributed by atoms with Crippen LogP contribution in [-0.2, 0) is 9.59 Å². The largest absolute Gasteiger partial charge is 0.372 e. The maximum Gasteiger partial charge on any atom is 0.244 e. The Bertz CT molecular complexity index is 966. The summed E-state index contributed by atoms with van der Waals surface area (Å²) in [5.74, 6) is 0.706. The van der Waals surface area contributed by atoms with Crippen molar-refractivity contribution in [3.8, 4) is 17.3 Å². The van der Waals surface area contributed by atoms with Crippen molar-refractivity contribution in [1.82, 2.24) is 19.9 Å². The molecule has 0 radical (unpaired) electrons. The molecule has 0 saturated heterocycles. The van der Waals surface area contributed by atoms with Crippen LogP contribution in [0.2, 0.25) is 0 Å². The van der Waals surface area contributed by atoms with Gasteiger partial charge in [0.05, 0.1) is 23.8 Å². The molecule has 1 fully saturated rings. The number of nitrogens with zero attached hydrogens (tertiary/aromatic N) is 5. The van der Waals surface area contributed by atoms with Crippen LogP contribution < -0.4 is 10.6 Å². The van der Waals surface area contributed by atoms with E-state index in [1.54, 1.807) is 27.1 Å². The quantitative estimate of drug-likeness (QED) is 0.768. The van der Waals surface area contributed by atoms with E-state index in [1.165, 1.54) is 23.5 Å². The van der Waals surface area contributed by atoms with Crippen molar-refractivity contribution < 1.29 is 9.59 Å². The normalized spacial score (nSPS) is 18.3. The second kappa shape index (κ2) is 8.22. The van der Waals surface area contributed by atoms with Crippen LogP contribution in [-0.4, -0.2) is 51.8 Å². The van der Waals surface area contributed by atoms with Gasteiger partial charge in [0.1, 0.15) is 12.1 Å². The highest BCUT2D eigenvalue weighted by atomic mass is 16.2. The number of carbonyl (C=O) groups excluding carboxylic acids is 2. The number of hydrogen-bond acceptors (Lipinski definition) is 7. The first-order valence-corrected chi connectivity index (χ1v) is 9.31. The minimum Gasteiger partial charge on any atom is -0.372 e. The van der Waals surface area contributed by atoms with E-state index in [0.717, 1.165) is 6.42 Å². The van der Waals surface area contributed by atoms with Gasteiger partial charge in [-0.15, -0.1) is 0 Å². The molecule has 0 bridgehead atoms. The maximum absolute atomic E-state index is 12.1. The van der Waals surface area contributed by atoms with E-state index in [1.807, 2.05) is 13.0 Å². The number of aromatic nitrogens is 3. The van der Waals surface area contributed by atoms with Crippen molar-refractivity contribution in [2.75, 3.05) is 24.7 Å². The van der Waals surface area contributed by atoms with E-state index in [2.05, 4.69) is 25.6 Å². The first-order valence-electron chi connectivity index (χ1n) is 9.31. The first-order chi connectivity index (χ1) is 13.8. The van der Waals surface area contributed by atoms with Gasteiger partial charge >= 0.3 is 0 Å². The molecule has 0 unspecified atom stereocenters. The Labute approximate surface area is 169 Å². The molecule has 2 aromatic heterocycles. The molecule has 0 spiro atoms. The van der Waals surface area contributed by atoms with Crippen LogP contribution in [0.25, 0.3) is 11.3 Å². The number of hydrogen-bond donors (Lipinski definition) is 2. The Morgan fingerprint density at radius 1 is 1.24 bits per heavy atom. The van der Waals surface area contributed by atoms with Gasteiger partial charge in [0.25, 0.3) is 0 Å². The minimum atomic E-state index is -0.525. The fraction of sp³-hybridized carbons (Fsp3) is 0.400. The fourth-order valence-corrected chi connectivity index (χ4v) is 2.93. The van der Waals surface area contributed by atoms with Crippen LogP contribution in [0, 0.1) is 23.2 Å². The Morgan fingerprint density at radius 2 is 1.97 bits per heavy atom. The van der Waals surface area contributed by atoms with E-state index in [0.29, 0.717) is 28.7 Å². The number of nitriles is 1. The Balaban J connectivity index is 1.77. The molecule has 2 aromatic rings. The lowest BCUT2D eigenvalue weighted by molar-refractivity contribution is -0.129. The topological polar surface area (TPSA) is 124 Å². The number of rotatable bonds is 6. The van der Waals surface area contributed by atoms with E-state index in [9.17, 15) is 14.9 Å². The predicted octanol–water partition coefficient (Wildman–Crippen LogP) is 1.89. The summed E-state index contributed by atoms with van der Waals surface area (Å²) in [5.41, 5.74) is 1.80. The molecule has 3 rings (SSSR count). The molecule has 1 aliphatic carbocycles. The lowest BCUT2D eigenvalue weighted by Gasteiger charge is -2.19. The molecular weight excluding hydrogens is 370 g/mol. The molecule has 2 N–H and O–H groups in total. The second-order valence-corrected chi connectivity index (χ2v) is 7.43. The van der Waals surface area contributed by atoms with Gasteiger partial charge < -0.3 is 15.5 Å². The van der Waals surface area contributed by atoms with Gasteiger partial charge in [0.2, 0.25) is 11.8 Å². The third kappa shape index (κ3) is 4.66. The van der Waals surface area contributed by atoms with Crippen molar-refractivity contribution >= 4 is 23.3 Å². The van der Waals surface area contributed by atoms with Crippen LogP contribution in [0.4, 0.5) is 11.5 Å². The lowest BCUT2D eigenvalue weighted by Crippen LogP contribution is -2.36. The van der Waals surface area contributed by atoms with E-state index >= 15 is 0 Å². The van der Waals surface area contributed by atoms with Crippen molar-refractivity contribution in [1.29, 1.82) is 5.26 Å². The third-order valence-corrected chi connectivity index (χ3v) is 4.82. The molecule has 29 heavy (non-hydrogen) atoms. The van der Waals surface area contributed by atoms with E-state index < -0.39 is 6.04 Å². The minimum absolute atomic E-state index is 0.0365. The number of likely N-dealkylation sites (N-methyl/N-ethyl adjacent to an activating group) is 1. The Kier molecular flexibility index (Phi) is 5.73. The summed E-state index contributed by atoms with van der Waals surface area (Å²) in [7, 11) is 3.33. The van der Waals surface area contributed by atoms with Crippen LogP contribution in [0.1, 0.15) is 26.0 Å². The van der Waals surface area contributed by atoms with Gasteiger partial charge in [-0.1, -0.05) is 6.92 Å². The standard InChI is InChI=1S/C20H23N7O2/c1-11-5-14(11)19(28)26-18-10-23-17(9-24-18)13-6-15(16(7-21)22-8-13)25-12(2)20(29)27(3)4/h6,8-12,14,25H,5H2,1-4H3,(H,24,26,28)/t11-,12+,14+/m1/s1. The highest BCUT2D eigenvalue weighted by molar-refractivity contribution is 5.93. The van der Waals surface area contributed by atoms with Crippen LogP contribution in [0.15, 0.2) is 24.7 Å². The summed E-state index contributed by atoms with van der Waals surface area (Å²) in [5, 5.41) is 15.1. The summed E-state index contributed by atoms with van der Waals surface area (Å²) < 4.78 is 0. The molecular formula is C20H23N7O2. The van der Waals surface area contributed by atoms with Crippen LogP contribution >= 0.6 is 0 Å². The van der Waals surface area contributed by atoms with Gasteiger partial charge in [-0.05, 0) is 25.3 Å². The van der Waals surface area contributed by atoms with Crippen molar-refractivity contribution in [2.24, 2.45) is 11.8 Å². The average molecular weight is 393 g/mol. The Morgan fingerprint density at radius 3 is 2.52 bits per heavy atom. The molecule has 1 saturated carbocycles. The number of nitrogens with one attached hydrogen (secondary N) is 2. The fourth-order valence-electron chi connectivity index (χ4n) is 2.93. The molecule has 0 aromatic carbocycles. The van der Waals surface area contributed by atoms with Gasteiger partial charge in [0, 0.05) is 31.8 Å². The van der Waals surface area contributed by atoms with Crippen molar-refractivity contribution in [2.45, 2.75) is 26.3 Å². The first kappa shape index (κ1) is 20.2. The van der Waals surface area contributed by atoms with Crippen molar-refractivity contribution in [3.63, 3.8) is 0 Å². The molecule has 3 atom stereocenters. The van der Waals surface area contributed by atoms with Gasteiger partial charge in [-0.2, -0.15) is 5.26 Å². The highest BCUT2D eigenvalue weighted by Crippen LogP contribution is 2.38. The molecule has 9 nitrogen and oxygen atoms in total. The van der Waals surface area contributed by atoms with E-state index in [-0.39, 0.29) is 23.4 Å². The van der Waals surface area contributed by atoms with Gasteiger partial charge in [0.15, 0.2) is 11.5 Å². The zero-order valence-corrected chi connectivity index (χ0v) is 16.8. The van der Waals surface area contributed by atoms with Gasteiger partial charge in [-0.25, -0.2) is 9.97 Å². The molecule has 1 aliphatic rings. The molecule has 2 amide bonds. The maximum atomic E-state index is 12.1. The number of pyridine rings is 1. The molecule has 0 aliphatic heterocycles. The highest BCUT2D eigenvalue weighted by Gasteiger charge is 2.39. The smallest absolute Gasteiger partial charge is 0.244 e. The number of anilines is 2. The molecule has 150 valence electrons. The summed E-state index contributed by atoms with van der Waals surface area (Å²) in [6.45, 7) is 3.75. The van der Waals surface area contributed by atoms with E-state index in [4.69, 9.17) is 0 Å². The zero-order valence-electron chi connectivity index (χ0n) is 16.8. The second-order valence-electron chi connectivity index (χ2n) is 7.43. The Hall–Kier alpha value is -3.54. The van der Waals surface area contributed by atoms with Gasteiger partial charge in [-0.3, -0.25) is 14.6 Å². The number of carbonyl (C=O) groups is 2. The van der Waals surface area contributed by atoms with Crippen LogP contribution in [0.3, 0.4) is 0 Å². The predicted molar refractivity (Wildman–Crippen MR) is 108 cm³/mol. The average Bonchev–Trinajstić information content (AvgIpc) is 3.44. The third-order valence-electron chi connectivity index (χ3n) is 4.82. The molecule has 2 heterocycles. The summed E-state index contributed by atoms with van der Waals surface area (Å²) >= 11 is 0. The monoisotopic (exact) mass is 393 g/mol.